The van der Waals surface area contributed by atoms with E-state index < -0.39 is 24.1 Å². The summed E-state index contributed by atoms with van der Waals surface area (Å²) < 4.78 is 18.4. The normalized spacial score (nSPS) is 23.2. The Kier molecular flexibility index (Phi) is 6.26. The van der Waals surface area contributed by atoms with Gasteiger partial charge in [-0.25, -0.2) is 14.2 Å². The maximum Gasteiger partial charge on any atom is 0.326 e. The number of hydrogen-bond donors (Lipinski definition) is 1. The molecule has 1 saturated heterocycles. The molecule has 0 unspecified atom stereocenters. The van der Waals surface area contributed by atoms with Gasteiger partial charge in [-0.15, -0.1) is 11.3 Å². The number of aromatic nitrogens is 1. The van der Waals surface area contributed by atoms with Crippen molar-refractivity contribution in [3.63, 3.8) is 0 Å². The quantitative estimate of drug-likeness (QED) is 0.510. The summed E-state index contributed by atoms with van der Waals surface area (Å²) in [5.74, 6) is -0.849. The number of thiazole rings is 1. The molecule has 0 atom stereocenters. The molecule has 33 heavy (non-hydrogen) atoms. The monoisotopic (exact) mass is 473 g/mol. The van der Waals surface area contributed by atoms with Crippen molar-refractivity contribution in [2.45, 2.75) is 58.6 Å². The van der Waals surface area contributed by atoms with Gasteiger partial charge in [0, 0.05) is 10.9 Å². The number of esters is 1. The Morgan fingerprint density at radius 1 is 1.24 bits per heavy atom. The zero-order chi connectivity index (χ0) is 23.8. The predicted molar refractivity (Wildman–Crippen MR) is 122 cm³/mol. The van der Waals surface area contributed by atoms with Crippen molar-refractivity contribution in [2.24, 2.45) is 11.3 Å². The minimum atomic E-state index is -0.905. The summed E-state index contributed by atoms with van der Waals surface area (Å²) in [6.07, 6.45) is 2.87. The molecular weight excluding hydrogens is 445 g/mol. The molecule has 1 N–H and O–H groups in total. The molecule has 1 spiro atoms. The van der Waals surface area contributed by atoms with Crippen molar-refractivity contribution in [3.05, 3.63) is 41.2 Å². The van der Waals surface area contributed by atoms with Gasteiger partial charge in [0.05, 0.1) is 5.69 Å². The first kappa shape index (κ1) is 23.4. The van der Waals surface area contributed by atoms with E-state index in [9.17, 15) is 18.8 Å². The van der Waals surface area contributed by atoms with E-state index in [0.717, 1.165) is 23.3 Å². The number of nitrogens with one attached hydrogen (secondary N) is 1. The Balaban J connectivity index is 1.31. The third-order valence-electron chi connectivity index (χ3n) is 6.62. The van der Waals surface area contributed by atoms with E-state index in [4.69, 9.17) is 4.74 Å². The number of benzene rings is 1. The number of carbonyl (C=O) groups excluding carboxylic acids is 3. The lowest BCUT2D eigenvalue weighted by molar-refractivity contribution is -0.149. The maximum atomic E-state index is 13.1. The number of nitrogens with zero attached hydrogens (tertiary/aromatic N) is 2. The number of halogens is 1. The number of hydrogen-bond acceptors (Lipinski definition) is 6. The zero-order valence-electron chi connectivity index (χ0n) is 19.0. The van der Waals surface area contributed by atoms with Gasteiger partial charge >= 0.3 is 12.0 Å². The topological polar surface area (TPSA) is 88.6 Å². The van der Waals surface area contributed by atoms with Gasteiger partial charge < -0.3 is 10.1 Å². The van der Waals surface area contributed by atoms with Crippen LogP contribution in [-0.2, 0) is 20.9 Å². The fraction of sp³-hybridized carbons (Fsp3) is 0.500. The molecule has 2 fully saturated rings. The Hall–Kier alpha value is -2.81. The van der Waals surface area contributed by atoms with Crippen LogP contribution in [0.3, 0.4) is 0 Å². The predicted octanol–water partition coefficient (Wildman–Crippen LogP) is 4.52. The molecule has 0 bridgehead atoms. The molecule has 2 aromatic rings. The number of urea groups is 1. The highest BCUT2D eigenvalue weighted by Gasteiger charge is 2.53. The van der Waals surface area contributed by atoms with Gasteiger partial charge in [-0.3, -0.25) is 14.5 Å². The van der Waals surface area contributed by atoms with Crippen LogP contribution in [0.4, 0.5) is 9.18 Å². The van der Waals surface area contributed by atoms with Gasteiger partial charge in [-0.05, 0) is 61.3 Å². The van der Waals surface area contributed by atoms with Crippen molar-refractivity contribution in [3.8, 4) is 10.6 Å². The van der Waals surface area contributed by atoms with Crippen LogP contribution in [0.1, 0.15) is 52.1 Å². The van der Waals surface area contributed by atoms with Crippen molar-refractivity contribution in [1.82, 2.24) is 15.2 Å². The van der Waals surface area contributed by atoms with Crippen molar-refractivity contribution < 1.29 is 23.5 Å². The molecular formula is C24H28FN3O4S. The van der Waals surface area contributed by atoms with E-state index in [1.54, 1.807) is 17.5 Å². The van der Waals surface area contributed by atoms with Gasteiger partial charge in [-0.1, -0.05) is 20.8 Å². The van der Waals surface area contributed by atoms with E-state index >= 15 is 0 Å². The highest BCUT2D eigenvalue weighted by Crippen LogP contribution is 2.43. The molecule has 1 aromatic heterocycles. The fourth-order valence-corrected chi connectivity index (χ4v) is 5.37. The second-order valence-corrected chi connectivity index (χ2v) is 10.7. The van der Waals surface area contributed by atoms with Crippen LogP contribution in [0.2, 0.25) is 0 Å². The van der Waals surface area contributed by atoms with Crippen molar-refractivity contribution in [2.75, 3.05) is 6.54 Å². The number of ether oxygens (including phenoxy) is 1. The highest BCUT2D eigenvalue weighted by atomic mass is 32.1. The van der Waals surface area contributed by atoms with Crippen LogP contribution in [0.15, 0.2) is 29.6 Å². The molecule has 7 nitrogen and oxygen atoms in total. The van der Waals surface area contributed by atoms with Crippen LogP contribution < -0.4 is 5.32 Å². The summed E-state index contributed by atoms with van der Waals surface area (Å²) >= 11 is 1.36. The summed E-state index contributed by atoms with van der Waals surface area (Å²) in [4.78, 5) is 43.3. The summed E-state index contributed by atoms with van der Waals surface area (Å²) in [5, 5.41) is 5.27. The lowest BCUT2D eigenvalue weighted by Crippen LogP contribution is -2.50. The van der Waals surface area contributed by atoms with Crippen LogP contribution in [0, 0.1) is 17.2 Å². The Morgan fingerprint density at radius 3 is 2.55 bits per heavy atom. The van der Waals surface area contributed by atoms with E-state index in [-0.39, 0.29) is 23.7 Å². The lowest BCUT2D eigenvalue weighted by Gasteiger charge is -2.40. The first-order valence-electron chi connectivity index (χ1n) is 11.1. The van der Waals surface area contributed by atoms with Gasteiger partial charge in [0.1, 0.15) is 29.5 Å². The molecule has 9 heteroatoms. The minimum Gasteiger partial charge on any atom is -0.458 e. The third-order valence-corrected chi connectivity index (χ3v) is 7.56. The maximum absolute atomic E-state index is 13.1. The van der Waals surface area contributed by atoms with Crippen molar-refractivity contribution in [1.29, 1.82) is 0 Å². The largest absolute Gasteiger partial charge is 0.458 e. The lowest BCUT2D eigenvalue weighted by atomic mass is 9.67. The number of carbonyl (C=O) groups is 3. The molecule has 1 aromatic carbocycles. The van der Waals surface area contributed by atoms with Gasteiger partial charge in [0.15, 0.2) is 0 Å². The van der Waals surface area contributed by atoms with Crippen LogP contribution >= 0.6 is 11.3 Å². The standard InChI is InChI=1S/C24H28FN3O4S/c1-23(2,3)16-8-10-24(11-9-16)21(30)28(22(31)27-24)12-19(29)32-13-18-14-33-20(26-18)15-4-6-17(25)7-5-15/h4-7,14,16H,8-13H2,1-3H3,(H,27,31). The van der Waals surface area contributed by atoms with Crippen LogP contribution in [0.25, 0.3) is 10.6 Å². The van der Waals surface area contributed by atoms with Gasteiger partial charge in [0.2, 0.25) is 0 Å². The molecule has 1 aliphatic heterocycles. The van der Waals surface area contributed by atoms with Gasteiger partial charge in [0.25, 0.3) is 5.91 Å². The molecule has 3 amide bonds. The van der Waals surface area contributed by atoms with E-state index in [1.165, 1.54) is 23.5 Å². The molecule has 2 aliphatic rings. The highest BCUT2D eigenvalue weighted by molar-refractivity contribution is 7.13. The first-order chi connectivity index (χ1) is 15.6. The molecule has 4 rings (SSSR count). The molecule has 1 saturated carbocycles. The summed E-state index contributed by atoms with van der Waals surface area (Å²) in [6, 6.07) is 5.44. The van der Waals surface area contributed by atoms with E-state index in [2.05, 4.69) is 31.1 Å². The minimum absolute atomic E-state index is 0.0709. The number of imide groups is 1. The SMILES string of the molecule is CC(C)(C)C1CCC2(CC1)NC(=O)N(CC(=O)OCc1csc(-c3ccc(F)cc3)n1)C2=O. The molecule has 2 heterocycles. The summed E-state index contributed by atoms with van der Waals surface area (Å²) in [6.45, 7) is 6.08. The summed E-state index contributed by atoms with van der Waals surface area (Å²) in [7, 11) is 0. The first-order valence-corrected chi connectivity index (χ1v) is 12.0. The Labute approximate surface area is 196 Å². The Morgan fingerprint density at radius 2 is 1.91 bits per heavy atom. The van der Waals surface area contributed by atoms with Crippen LogP contribution in [-0.4, -0.2) is 39.9 Å². The fourth-order valence-electron chi connectivity index (χ4n) is 4.56. The smallest absolute Gasteiger partial charge is 0.326 e. The molecule has 176 valence electrons. The zero-order valence-corrected chi connectivity index (χ0v) is 19.8. The van der Waals surface area contributed by atoms with Crippen LogP contribution in [0.5, 0.6) is 0 Å². The molecule has 1 aliphatic carbocycles. The average Bonchev–Trinajstić information content (AvgIpc) is 3.32. The Bertz CT molecular complexity index is 1050. The summed E-state index contributed by atoms with van der Waals surface area (Å²) in [5.41, 5.74) is 0.563. The van der Waals surface area contributed by atoms with E-state index in [1.807, 2.05) is 0 Å². The average molecular weight is 474 g/mol. The van der Waals surface area contributed by atoms with Gasteiger partial charge in [-0.2, -0.15) is 0 Å². The number of rotatable bonds is 5. The third kappa shape index (κ3) is 4.93. The molecule has 0 radical (unpaired) electrons. The number of amides is 3. The second-order valence-electron chi connectivity index (χ2n) is 9.86. The second kappa shape index (κ2) is 8.85. The van der Waals surface area contributed by atoms with E-state index in [0.29, 0.717) is 29.5 Å². The van der Waals surface area contributed by atoms with Crippen molar-refractivity contribution >= 4 is 29.2 Å².